The summed E-state index contributed by atoms with van der Waals surface area (Å²) in [6.45, 7) is 5.06. The third kappa shape index (κ3) is 3.63. The van der Waals surface area contributed by atoms with Gasteiger partial charge in [0.2, 0.25) is 0 Å². The van der Waals surface area contributed by atoms with E-state index in [1.54, 1.807) is 11.3 Å². The molecule has 0 bridgehead atoms. The van der Waals surface area contributed by atoms with Crippen LogP contribution in [0, 0.1) is 6.92 Å². The maximum absolute atomic E-state index is 12.8. The second-order valence-electron chi connectivity index (χ2n) is 6.21. The number of anilines is 1. The number of benzene rings is 1. The van der Waals surface area contributed by atoms with E-state index < -0.39 is 0 Å². The number of halogens is 1. The van der Waals surface area contributed by atoms with Crippen LogP contribution in [0.15, 0.2) is 41.8 Å². The van der Waals surface area contributed by atoms with Crippen LogP contribution in [-0.4, -0.2) is 42.0 Å². The third-order valence-corrected chi connectivity index (χ3v) is 6.66. The second-order valence-corrected chi connectivity index (χ2v) is 8.79. The summed E-state index contributed by atoms with van der Waals surface area (Å²) in [4.78, 5) is 23.9. The van der Waals surface area contributed by atoms with E-state index in [0.29, 0.717) is 18.8 Å². The molecule has 0 radical (unpaired) electrons. The number of hydrogen-bond acceptors (Lipinski definition) is 5. The van der Waals surface area contributed by atoms with E-state index in [9.17, 15) is 4.79 Å². The summed E-state index contributed by atoms with van der Waals surface area (Å²) in [6.07, 6.45) is 0. The Kier molecular flexibility index (Phi) is 4.98. The zero-order chi connectivity index (χ0) is 18.1. The summed E-state index contributed by atoms with van der Waals surface area (Å²) in [5.41, 5.74) is 1.65. The molecular weight excluding hydrogens is 386 g/mol. The fourth-order valence-corrected chi connectivity index (χ4v) is 4.96. The Morgan fingerprint density at radius 1 is 1.15 bits per heavy atom. The highest BCUT2D eigenvalue weighted by Gasteiger charge is 2.24. The van der Waals surface area contributed by atoms with E-state index in [1.807, 2.05) is 28.5 Å². The molecule has 3 aromatic rings. The fourth-order valence-electron chi connectivity index (χ4n) is 3.04. The molecule has 3 heterocycles. The maximum atomic E-state index is 12.8. The molecule has 2 aromatic heterocycles. The molecule has 1 aliphatic heterocycles. The first-order valence-electron chi connectivity index (χ1n) is 8.42. The molecule has 1 saturated heterocycles. The lowest BCUT2D eigenvalue weighted by Gasteiger charge is -2.35. The molecule has 4 rings (SSSR count). The minimum Gasteiger partial charge on any atom is -0.368 e. The van der Waals surface area contributed by atoms with Crippen LogP contribution in [0.2, 0.25) is 5.02 Å². The minimum absolute atomic E-state index is 0.0199. The van der Waals surface area contributed by atoms with Gasteiger partial charge in [-0.3, -0.25) is 4.79 Å². The number of piperazine rings is 1. The van der Waals surface area contributed by atoms with E-state index in [0.717, 1.165) is 33.7 Å². The molecule has 0 aliphatic carbocycles. The van der Waals surface area contributed by atoms with Gasteiger partial charge in [-0.2, -0.15) is 0 Å². The molecule has 1 aromatic carbocycles. The predicted molar refractivity (Wildman–Crippen MR) is 110 cm³/mol. The largest absolute Gasteiger partial charge is 0.368 e. The SMILES string of the molecule is Cc1ccc(-c2nc(C(=O)N3CCN(c4cccc(Cl)c4)CC3)cs2)s1. The molecule has 0 saturated carbocycles. The highest BCUT2D eigenvalue weighted by Crippen LogP contribution is 2.30. The molecule has 134 valence electrons. The molecule has 1 amide bonds. The molecule has 0 N–H and O–H groups in total. The fraction of sp³-hybridized carbons (Fsp3) is 0.263. The van der Waals surface area contributed by atoms with E-state index >= 15 is 0 Å². The molecule has 4 nitrogen and oxygen atoms in total. The Balaban J connectivity index is 1.41. The summed E-state index contributed by atoms with van der Waals surface area (Å²) >= 11 is 9.32. The predicted octanol–water partition coefficient (Wildman–Crippen LogP) is 4.80. The van der Waals surface area contributed by atoms with Gasteiger partial charge in [-0.1, -0.05) is 17.7 Å². The van der Waals surface area contributed by atoms with Gasteiger partial charge in [-0.15, -0.1) is 22.7 Å². The number of amides is 1. The van der Waals surface area contributed by atoms with Gasteiger partial charge in [0.25, 0.3) is 5.91 Å². The summed E-state index contributed by atoms with van der Waals surface area (Å²) in [5.74, 6) is 0.0199. The lowest BCUT2D eigenvalue weighted by Crippen LogP contribution is -2.48. The summed E-state index contributed by atoms with van der Waals surface area (Å²) in [6, 6.07) is 12.0. The van der Waals surface area contributed by atoms with Crippen molar-refractivity contribution < 1.29 is 4.79 Å². The van der Waals surface area contributed by atoms with Crippen molar-refractivity contribution in [3.63, 3.8) is 0 Å². The second kappa shape index (κ2) is 7.39. The van der Waals surface area contributed by atoms with Gasteiger partial charge in [-0.05, 0) is 37.3 Å². The Morgan fingerprint density at radius 2 is 1.96 bits per heavy atom. The zero-order valence-electron chi connectivity index (χ0n) is 14.3. The van der Waals surface area contributed by atoms with E-state index in [1.165, 1.54) is 16.2 Å². The Bertz CT molecular complexity index is 928. The van der Waals surface area contributed by atoms with Crippen molar-refractivity contribution in [2.75, 3.05) is 31.1 Å². The number of hydrogen-bond donors (Lipinski definition) is 0. The third-order valence-electron chi connectivity index (χ3n) is 4.41. The number of rotatable bonds is 3. The van der Waals surface area contributed by atoms with Crippen molar-refractivity contribution >= 4 is 45.9 Å². The van der Waals surface area contributed by atoms with E-state index in [4.69, 9.17) is 11.6 Å². The van der Waals surface area contributed by atoms with Crippen LogP contribution in [0.5, 0.6) is 0 Å². The van der Waals surface area contributed by atoms with Gasteiger partial charge in [0.1, 0.15) is 10.7 Å². The number of nitrogens with zero attached hydrogens (tertiary/aromatic N) is 3. The van der Waals surface area contributed by atoms with Crippen LogP contribution >= 0.6 is 34.3 Å². The highest BCUT2D eigenvalue weighted by atomic mass is 35.5. The van der Waals surface area contributed by atoms with Gasteiger partial charge < -0.3 is 9.80 Å². The van der Waals surface area contributed by atoms with Crippen molar-refractivity contribution in [2.24, 2.45) is 0 Å². The minimum atomic E-state index is 0.0199. The molecule has 1 fully saturated rings. The number of carbonyl (C=O) groups excluding carboxylic acids is 1. The first-order chi connectivity index (χ1) is 12.6. The smallest absolute Gasteiger partial charge is 0.273 e. The van der Waals surface area contributed by atoms with Crippen LogP contribution in [0.4, 0.5) is 5.69 Å². The monoisotopic (exact) mass is 403 g/mol. The summed E-state index contributed by atoms with van der Waals surface area (Å²) < 4.78 is 0. The van der Waals surface area contributed by atoms with Crippen LogP contribution in [-0.2, 0) is 0 Å². The molecule has 1 aliphatic rings. The number of thiazole rings is 1. The molecular formula is C19H18ClN3OS2. The van der Waals surface area contributed by atoms with Crippen molar-refractivity contribution in [1.29, 1.82) is 0 Å². The van der Waals surface area contributed by atoms with Gasteiger partial charge in [-0.25, -0.2) is 4.98 Å². The number of thiophene rings is 1. The van der Waals surface area contributed by atoms with Crippen LogP contribution < -0.4 is 4.90 Å². The molecule has 7 heteroatoms. The van der Waals surface area contributed by atoms with E-state index in [-0.39, 0.29) is 5.91 Å². The van der Waals surface area contributed by atoms with Crippen molar-refractivity contribution in [1.82, 2.24) is 9.88 Å². The first kappa shape index (κ1) is 17.5. The lowest BCUT2D eigenvalue weighted by atomic mass is 10.2. The van der Waals surface area contributed by atoms with Crippen LogP contribution in [0.1, 0.15) is 15.4 Å². The molecule has 26 heavy (non-hydrogen) atoms. The van der Waals surface area contributed by atoms with Crippen molar-refractivity contribution in [2.45, 2.75) is 6.92 Å². The Morgan fingerprint density at radius 3 is 2.65 bits per heavy atom. The Labute approximate surface area is 165 Å². The van der Waals surface area contributed by atoms with Gasteiger partial charge >= 0.3 is 0 Å². The van der Waals surface area contributed by atoms with E-state index in [2.05, 4.69) is 35.0 Å². The number of carbonyl (C=O) groups is 1. The maximum Gasteiger partial charge on any atom is 0.273 e. The van der Waals surface area contributed by atoms with Crippen molar-refractivity contribution in [3.05, 3.63) is 57.4 Å². The quantitative estimate of drug-likeness (QED) is 0.630. The number of aryl methyl sites for hydroxylation is 1. The van der Waals surface area contributed by atoms with Crippen molar-refractivity contribution in [3.8, 4) is 9.88 Å². The zero-order valence-corrected chi connectivity index (χ0v) is 16.7. The van der Waals surface area contributed by atoms with Gasteiger partial charge in [0.15, 0.2) is 0 Å². The average molecular weight is 404 g/mol. The van der Waals surface area contributed by atoms with Crippen LogP contribution in [0.25, 0.3) is 9.88 Å². The lowest BCUT2D eigenvalue weighted by molar-refractivity contribution is 0.0742. The highest BCUT2D eigenvalue weighted by molar-refractivity contribution is 7.21. The average Bonchev–Trinajstić information content (AvgIpc) is 3.30. The number of aromatic nitrogens is 1. The van der Waals surface area contributed by atoms with Gasteiger partial charge in [0, 0.05) is 47.1 Å². The molecule has 0 spiro atoms. The molecule has 0 atom stereocenters. The standard InChI is InChI=1S/C19H18ClN3OS2/c1-13-5-6-17(26-13)18-21-16(12-25-18)19(24)23-9-7-22(8-10-23)15-4-2-3-14(20)11-15/h2-6,11-12H,7-10H2,1H3. The first-order valence-corrected chi connectivity index (χ1v) is 10.5. The summed E-state index contributed by atoms with van der Waals surface area (Å²) in [7, 11) is 0. The van der Waals surface area contributed by atoms with Gasteiger partial charge in [0.05, 0.1) is 4.88 Å². The Hall–Kier alpha value is -1.89. The topological polar surface area (TPSA) is 36.4 Å². The molecule has 0 unspecified atom stereocenters. The summed E-state index contributed by atoms with van der Waals surface area (Å²) in [5, 5.41) is 3.53. The normalized spacial score (nSPS) is 14.7. The van der Waals surface area contributed by atoms with Crippen LogP contribution in [0.3, 0.4) is 0 Å².